The van der Waals surface area contributed by atoms with Gasteiger partial charge in [-0.05, 0) is 29.9 Å². The normalized spacial score (nSPS) is 10.4. The van der Waals surface area contributed by atoms with E-state index in [1.807, 2.05) is 0 Å². The first-order valence-electron chi connectivity index (χ1n) is 4.13. The summed E-state index contributed by atoms with van der Waals surface area (Å²) in [5.74, 6) is 0. The molecule has 0 aliphatic rings. The molecule has 0 saturated heterocycles. The Morgan fingerprint density at radius 1 is 1.55 bits per heavy atom. The lowest BCUT2D eigenvalue weighted by molar-refractivity contribution is 0.790. The predicted octanol–water partition coefficient (Wildman–Crippen LogP) is 2.55. The van der Waals surface area contributed by atoms with Crippen molar-refractivity contribution in [3.8, 4) is 0 Å². The van der Waals surface area contributed by atoms with Crippen molar-refractivity contribution >= 4 is 11.3 Å². The molecule has 1 aromatic rings. The van der Waals surface area contributed by atoms with Crippen LogP contribution in [0.15, 0.2) is 11.4 Å². The van der Waals surface area contributed by atoms with Crippen molar-refractivity contribution in [2.24, 2.45) is 5.73 Å². The van der Waals surface area contributed by atoms with Gasteiger partial charge in [-0.15, -0.1) is 11.3 Å². The van der Waals surface area contributed by atoms with Crippen LogP contribution in [0.5, 0.6) is 0 Å². The van der Waals surface area contributed by atoms with Gasteiger partial charge in [0.2, 0.25) is 0 Å². The van der Waals surface area contributed by atoms with E-state index in [1.54, 1.807) is 11.3 Å². The highest BCUT2D eigenvalue weighted by Crippen LogP contribution is 2.17. The molecule has 1 heterocycles. The van der Waals surface area contributed by atoms with Crippen LogP contribution in [0.3, 0.4) is 0 Å². The van der Waals surface area contributed by atoms with Crippen molar-refractivity contribution in [2.45, 2.75) is 32.7 Å². The van der Waals surface area contributed by atoms with Crippen LogP contribution in [-0.2, 0) is 13.0 Å². The van der Waals surface area contributed by atoms with Gasteiger partial charge in [0, 0.05) is 11.4 Å². The maximum Gasteiger partial charge on any atom is 0.0276 e. The van der Waals surface area contributed by atoms with Crippen molar-refractivity contribution < 1.29 is 0 Å². The van der Waals surface area contributed by atoms with Crippen LogP contribution in [0.2, 0.25) is 0 Å². The first-order valence-corrected chi connectivity index (χ1v) is 5.01. The fourth-order valence-electron chi connectivity index (χ4n) is 1.14. The predicted molar refractivity (Wildman–Crippen MR) is 50.8 cm³/mol. The monoisotopic (exact) mass is 169 g/mol. The van der Waals surface area contributed by atoms with Crippen molar-refractivity contribution in [3.05, 3.63) is 21.9 Å². The van der Waals surface area contributed by atoms with Crippen LogP contribution in [0.1, 0.15) is 30.2 Å². The van der Waals surface area contributed by atoms with E-state index < -0.39 is 0 Å². The summed E-state index contributed by atoms with van der Waals surface area (Å²) in [4.78, 5) is 1.36. The van der Waals surface area contributed by atoms with E-state index >= 15 is 0 Å². The summed E-state index contributed by atoms with van der Waals surface area (Å²) >= 11 is 1.77. The lowest BCUT2D eigenvalue weighted by Crippen LogP contribution is -1.96. The van der Waals surface area contributed by atoms with E-state index in [9.17, 15) is 0 Å². The third-order valence-corrected chi connectivity index (χ3v) is 2.81. The highest BCUT2D eigenvalue weighted by Gasteiger charge is 2.00. The Kier molecular flexibility index (Phi) is 3.60. The van der Waals surface area contributed by atoms with Crippen LogP contribution in [0.4, 0.5) is 0 Å². The van der Waals surface area contributed by atoms with Crippen molar-refractivity contribution in [3.63, 3.8) is 0 Å². The van der Waals surface area contributed by atoms with E-state index in [4.69, 9.17) is 5.73 Å². The average Bonchev–Trinajstić information content (AvgIpc) is 2.47. The molecule has 1 nitrogen and oxygen atoms in total. The molecule has 0 amide bonds. The van der Waals surface area contributed by atoms with Crippen molar-refractivity contribution in [1.82, 2.24) is 0 Å². The Bertz CT molecular complexity index is 205. The zero-order chi connectivity index (χ0) is 8.10. The van der Waals surface area contributed by atoms with Gasteiger partial charge in [0.15, 0.2) is 0 Å². The minimum Gasteiger partial charge on any atom is -0.326 e. The van der Waals surface area contributed by atoms with Gasteiger partial charge >= 0.3 is 0 Å². The Labute approximate surface area is 72.2 Å². The second-order valence-electron chi connectivity index (χ2n) is 2.68. The van der Waals surface area contributed by atoms with Gasteiger partial charge < -0.3 is 5.73 Å². The zero-order valence-corrected chi connectivity index (χ0v) is 7.79. The molecule has 2 heteroatoms. The minimum atomic E-state index is 0.705. The first kappa shape index (κ1) is 8.75. The molecular formula is C9H15NS. The molecule has 0 aromatic carbocycles. The molecule has 0 saturated carbocycles. The maximum absolute atomic E-state index is 5.58. The van der Waals surface area contributed by atoms with Crippen LogP contribution >= 0.6 is 11.3 Å². The number of nitrogens with two attached hydrogens (primary N) is 1. The standard InChI is InChI=1S/C9H15NS/c1-2-3-4-8-5-6-11-9(8)7-10/h5-6H,2-4,7,10H2,1H3. The lowest BCUT2D eigenvalue weighted by atomic mass is 10.1. The summed E-state index contributed by atoms with van der Waals surface area (Å²) in [5, 5.41) is 2.13. The minimum absolute atomic E-state index is 0.705. The molecule has 0 bridgehead atoms. The van der Waals surface area contributed by atoms with E-state index in [0.29, 0.717) is 6.54 Å². The SMILES string of the molecule is CCCCc1ccsc1CN. The Morgan fingerprint density at radius 2 is 2.36 bits per heavy atom. The van der Waals surface area contributed by atoms with Gasteiger partial charge in [0.25, 0.3) is 0 Å². The number of hydrogen-bond donors (Lipinski definition) is 1. The summed E-state index contributed by atoms with van der Waals surface area (Å²) in [5.41, 5.74) is 7.03. The molecule has 0 spiro atoms. The van der Waals surface area contributed by atoms with E-state index in [2.05, 4.69) is 18.4 Å². The third kappa shape index (κ3) is 2.31. The maximum atomic E-state index is 5.58. The molecule has 0 aliphatic heterocycles. The van der Waals surface area contributed by atoms with Gasteiger partial charge in [-0.3, -0.25) is 0 Å². The van der Waals surface area contributed by atoms with E-state index in [0.717, 1.165) is 0 Å². The van der Waals surface area contributed by atoms with Gasteiger partial charge in [0.05, 0.1) is 0 Å². The largest absolute Gasteiger partial charge is 0.326 e. The smallest absolute Gasteiger partial charge is 0.0276 e. The second kappa shape index (κ2) is 4.52. The number of hydrogen-bond acceptors (Lipinski definition) is 2. The highest BCUT2D eigenvalue weighted by molar-refractivity contribution is 7.10. The summed E-state index contributed by atoms with van der Waals surface area (Å²) in [6, 6.07) is 2.20. The van der Waals surface area contributed by atoms with Crippen LogP contribution < -0.4 is 5.73 Å². The van der Waals surface area contributed by atoms with Gasteiger partial charge in [-0.2, -0.15) is 0 Å². The molecule has 0 aliphatic carbocycles. The number of thiophene rings is 1. The Hall–Kier alpha value is -0.340. The van der Waals surface area contributed by atoms with Gasteiger partial charge in [0.1, 0.15) is 0 Å². The number of aryl methyl sites for hydroxylation is 1. The molecule has 11 heavy (non-hydrogen) atoms. The summed E-state index contributed by atoms with van der Waals surface area (Å²) in [6.07, 6.45) is 3.75. The molecule has 0 atom stereocenters. The number of rotatable bonds is 4. The summed E-state index contributed by atoms with van der Waals surface area (Å²) in [6.45, 7) is 2.92. The highest BCUT2D eigenvalue weighted by atomic mass is 32.1. The van der Waals surface area contributed by atoms with Crippen molar-refractivity contribution in [2.75, 3.05) is 0 Å². The van der Waals surface area contributed by atoms with E-state index in [-0.39, 0.29) is 0 Å². The van der Waals surface area contributed by atoms with Crippen molar-refractivity contribution in [1.29, 1.82) is 0 Å². The van der Waals surface area contributed by atoms with Gasteiger partial charge in [-0.1, -0.05) is 13.3 Å². The quantitative estimate of drug-likeness (QED) is 0.736. The summed E-state index contributed by atoms with van der Waals surface area (Å²) < 4.78 is 0. The molecule has 2 N–H and O–H groups in total. The third-order valence-electron chi connectivity index (χ3n) is 1.82. The molecule has 62 valence electrons. The Balaban J connectivity index is 2.54. The molecule has 0 radical (unpaired) electrons. The topological polar surface area (TPSA) is 26.0 Å². The van der Waals surface area contributed by atoms with Crippen LogP contribution in [0, 0.1) is 0 Å². The van der Waals surface area contributed by atoms with Crippen LogP contribution in [0.25, 0.3) is 0 Å². The molecule has 0 fully saturated rings. The molecule has 1 aromatic heterocycles. The molecule has 1 rings (SSSR count). The van der Waals surface area contributed by atoms with Gasteiger partial charge in [-0.25, -0.2) is 0 Å². The van der Waals surface area contributed by atoms with Crippen LogP contribution in [-0.4, -0.2) is 0 Å². The fraction of sp³-hybridized carbons (Fsp3) is 0.556. The fourth-order valence-corrected chi connectivity index (χ4v) is 1.95. The average molecular weight is 169 g/mol. The zero-order valence-electron chi connectivity index (χ0n) is 6.97. The molecule has 0 unspecified atom stereocenters. The first-order chi connectivity index (χ1) is 5.38. The summed E-state index contributed by atoms with van der Waals surface area (Å²) in [7, 11) is 0. The number of unbranched alkanes of at least 4 members (excludes halogenated alkanes) is 1. The Morgan fingerprint density at radius 3 is 3.00 bits per heavy atom. The molecular weight excluding hydrogens is 154 g/mol. The second-order valence-corrected chi connectivity index (χ2v) is 3.68. The lowest BCUT2D eigenvalue weighted by Gasteiger charge is -1.98. The van der Waals surface area contributed by atoms with E-state index in [1.165, 1.54) is 29.7 Å².